The van der Waals surface area contributed by atoms with E-state index in [4.69, 9.17) is 9.84 Å². The highest BCUT2D eigenvalue weighted by molar-refractivity contribution is 7.07. The Morgan fingerprint density at radius 1 is 0.980 bits per heavy atom. The molecular weight excluding hydrogens is 652 g/mol. The molecule has 0 bridgehead atoms. The van der Waals surface area contributed by atoms with Gasteiger partial charge in [0.15, 0.2) is 5.57 Å². The van der Waals surface area contributed by atoms with Crippen LogP contribution in [0.3, 0.4) is 0 Å². The number of thiazole rings is 1. The lowest BCUT2D eigenvalue weighted by Crippen LogP contribution is -2.33. The summed E-state index contributed by atoms with van der Waals surface area (Å²) >= 11 is 0.731. The number of alkyl halides is 3. The van der Waals surface area contributed by atoms with E-state index >= 15 is 0 Å². The number of amides is 1. The van der Waals surface area contributed by atoms with Crippen molar-refractivity contribution in [2.45, 2.75) is 13.1 Å². The van der Waals surface area contributed by atoms with Crippen LogP contribution in [0.25, 0.3) is 34.3 Å². The molecule has 6 rings (SSSR count). The van der Waals surface area contributed by atoms with Crippen molar-refractivity contribution in [3.63, 3.8) is 0 Å². The summed E-state index contributed by atoms with van der Waals surface area (Å²) in [6.07, 6.45) is -1.62. The molecule has 0 aliphatic heterocycles. The van der Waals surface area contributed by atoms with Gasteiger partial charge in [0, 0.05) is 29.1 Å². The van der Waals surface area contributed by atoms with Gasteiger partial charge in [0.25, 0.3) is 11.5 Å². The number of aryl methyl sites for hydroxylation is 1. The summed E-state index contributed by atoms with van der Waals surface area (Å²) in [6.45, 7) is 1.95. The maximum Gasteiger partial charge on any atom is 0.418 e. The van der Waals surface area contributed by atoms with E-state index in [1.165, 1.54) is 31.4 Å². The number of nitrogens with one attached hydrogen (secondary N) is 1. The molecule has 244 valence electrons. The van der Waals surface area contributed by atoms with Crippen LogP contribution >= 0.6 is 11.3 Å². The number of ether oxygens (including phenoxy) is 1. The Morgan fingerprint density at radius 2 is 1.69 bits per heavy atom. The van der Waals surface area contributed by atoms with Gasteiger partial charge in [0.05, 0.1) is 34.3 Å². The highest BCUT2D eigenvalue weighted by Gasteiger charge is 2.34. The van der Waals surface area contributed by atoms with Crippen LogP contribution in [-0.4, -0.2) is 27.4 Å². The topological polar surface area (TPSA) is 102 Å². The Hall–Kier alpha value is -6.19. The molecule has 0 atom stereocenters. The molecule has 0 saturated heterocycles. The third-order valence-electron chi connectivity index (χ3n) is 7.53. The largest absolute Gasteiger partial charge is 0.497 e. The van der Waals surface area contributed by atoms with Crippen molar-refractivity contribution in [3.8, 4) is 34.5 Å². The number of halogens is 3. The van der Waals surface area contributed by atoms with Gasteiger partial charge in [0.2, 0.25) is 0 Å². The Labute approximate surface area is 281 Å². The standard InChI is InChI=1S/C37H26F3N5O3S/c1-23-15-17-24(18-16-23)33-25(22-44(43-33)27-10-4-3-5-11-27)19-32-35(47)45(31-14-7-6-13-30(31)37(38,39)40)36(49-32)29(21-41)34(46)42-26-9-8-12-28(20-26)48-2/h3-20,22H,1-2H3,(H,42,46). The summed E-state index contributed by atoms with van der Waals surface area (Å²) in [5.41, 5.74) is 0.770. The zero-order chi connectivity index (χ0) is 34.7. The van der Waals surface area contributed by atoms with Crippen LogP contribution in [0.15, 0.2) is 114 Å². The maximum absolute atomic E-state index is 14.3. The molecule has 4 aromatic carbocycles. The van der Waals surface area contributed by atoms with Crippen molar-refractivity contribution in [3.05, 3.63) is 146 Å². The predicted octanol–water partition coefficient (Wildman–Crippen LogP) is 6.23. The lowest BCUT2D eigenvalue weighted by Gasteiger charge is -2.13. The van der Waals surface area contributed by atoms with Gasteiger partial charge in [0.1, 0.15) is 16.5 Å². The summed E-state index contributed by atoms with van der Waals surface area (Å²) in [5.74, 6) is -0.486. The first-order valence-corrected chi connectivity index (χ1v) is 15.6. The van der Waals surface area contributed by atoms with Gasteiger partial charge >= 0.3 is 6.18 Å². The second kappa shape index (κ2) is 13.5. The zero-order valence-electron chi connectivity index (χ0n) is 26.0. The average molecular weight is 678 g/mol. The molecule has 0 fully saturated rings. The van der Waals surface area contributed by atoms with Crippen molar-refractivity contribution < 1.29 is 22.7 Å². The molecule has 2 heterocycles. The zero-order valence-corrected chi connectivity index (χ0v) is 26.8. The summed E-state index contributed by atoms with van der Waals surface area (Å²) in [5, 5.41) is 17.6. The lowest BCUT2D eigenvalue weighted by molar-refractivity contribution is -0.137. The van der Waals surface area contributed by atoms with E-state index < -0.39 is 34.5 Å². The number of hydrogen-bond donors (Lipinski definition) is 1. The van der Waals surface area contributed by atoms with Crippen molar-refractivity contribution in [2.75, 3.05) is 12.4 Å². The number of carbonyl (C=O) groups excluding carboxylic acids is 1. The molecule has 12 heteroatoms. The fourth-order valence-electron chi connectivity index (χ4n) is 5.15. The molecule has 0 spiro atoms. The van der Waals surface area contributed by atoms with Gasteiger partial charge in [-0.3, -0.25) is 14.2 Å². The summed E-state index contributed by atoms with van der Waals surface area (Å²) in [4.78, 5) is 27.8. The van der Waals surface area contributed by atoms with E-state index in [0.29, 0.717) is 17.0 Å². The Balaban J connectivity index is 1.63. The smallest absolute Gasteiger partial charge is 0.418 e. The second-order valence-electron chi connectivity index (χ2n) is 10.8. The first-order valence-electron chi connectivity index (χ1n) is 14.8. The van der Waals surface area contributed by atoms with Crippen LogP contribution in [0, 0.1) is 18.3 Å². The number of hydrogen-bond acceptors (Lipinski definition) is 6. The quantitative estimate of drug-likeness (QED) is 0.216. The lowest BCUT2D eigenvalue weighted by atomic mass is 10.1. The highest BCUT2D eigenvalue weighted by atomic mass is 32.1. The number of para-hydroxylation sites is 2. The first kappa shape index (κ1) is 32.7. The van der Waals surface area contributed by atoms with E-state index in [0.717, 1.165) is 44.9 Å². The number of nitriles is 1. The van der Waals surface area contributed by atoms with E-state index in [-0.39, 0.29) is 14.9 Å². The molecule has 0 unspecified atom stereocenters. The fraction of sp³-hybridized carbons (Fsp3) is 0.0811. The van der Waals surface area contributed by atoms with Gasteiger partial charge in [-0.15, -0.1) is 11.3 Å². The highest BCUT2D eigenvalue weighted by Crippen LogP contribution is 2.33. The number of methoxy groups -OCH3 is 1. The van der Waals surface area contributed by atoms with Crippen molar-refractivity contribution >= 4 is 34.6 Å². The molecule has 0 aliphatic carbocycles. The maximum atomic E-state index is 14.3. The van der Waals surface area contributed by atoms with Crippen LogP contribution in [0.5, 0.6) is 5.75 Å². The number of carbonyl (C=O) groups is 1. The summed E-state index contributed by atoms with van der Waals surface area (Å²) < 4.78 is 50.2. The van der Waals surface area contributed by atoms with Crippen LogP contribution < -0.4 is 24.8 Å². The first-order chi connectivity index (χ1) is 23.6. The Kier molecular flexibility index (Phi) is 9.02. The Morgan fingerprint density at radius 3 is 2.39 bits per heavy atom. The third kappa shape index (κ3) is 6.79. The summed E-state index contributed by atoms with van der Waals surface area (Å²) in [6, 6.07) is 29.6. The minimum absolute atomic E-state index is 0.0186. The minimum atomic E-state index is -4.84. The van der Waals surface area contributed by atoms with Gasteiger partial charge in [-0.25, -0.2) is 4.68 Å². The average Bonchev–Trinajstić information content (AvgIpc) is 3.66. The minimum Gasteiger partial charge on any atom is -0.497 e. The molecule has 8 nitrogen and oxygen atoms in total. The molecule has 49 heavy (non-hydrogen) atoms. The van der Waals surface area contributed by atoms with Crippen molar-refractivity contribution in [1.82, 2.24) is 14.3 Å². The monoisotopic (exact) mass is 677 g/mol. The van der Waals surface area contributed by atoms with Crippen LogP contribution in [0.2, 0.25) is 0 Å². The van der Waals surface area contributed by atoms with Crippen LogP contribution in [0.4, 0.5) is 18.9 Å². The van der Waals surface area contributed by atoms with Gasteiger partial charge in [-0.05, 0) is 49.4 Å². The third-order valence-corrected chi connectivity index (χ3v) is 8.62. The number of nitrogens with zero attached hydrogens (tertiary/aromatic N) is 4. The molecule has 1 N–H and O–H groups in total. The van der Waals surface area contributed by atoms with E-state index in [2.05, 4.69) is 5.32 Å². The predicted molar refractivity (Wildman–Crippen MR) is 182 cm³/mol. The van der Waals surface area contributed by atoms with E-state index in [1.54, 1.807) is 29.1 Å². The number of aromatic nitrogens is 3. The number of benzene rings is 4. The van der Waals surface area contributed by atoms with Crippen LogP contribution in [0.1, 0.15) is 16.7 Å². The molecule has 0 radical (unpaired) electrons. The SMILES string of the molecule is COc1cccc(NC(=O)C(C#N)=c2sc(=Cc3cn(-c4ccccc4)nc3-c3ccc(C)cc3)c(=O)n2-c2ccccc2C(F)(F)F)c1. The molecule has 0 aliphatic rings. The van der Waals surface area contributed by atoms with Crippen molar-refractivity contribution in [2.24, 2.45) is 0 Å². The van der Waals surface area contributed by atoms with Gasteiger partial charge in [-0.2, -0.15) is 23.5 Å². The normalized spacial score (nSPS) is 12.4. The van der Waals surface area contributed by atoms with Crippen molar-refractivity contribution in [1.29, 1.82) is 5.26 Å². The number of rotatable bonds is 7. The molecular formula is C37H26F3N5O3S. The molecule has 6 aromatic rings. The van der Waals surface area contributed by atoms with E-state index in [9.17, 15) is 28.0 Å². The second-order valence-corrected chi connectivity index (χ2v) is 11.9. The van der Waals surface area contributed by atoms with Crippen LogP contribution in [-0.2, 0) is 11.0 Å². The van der Waals surface area contributed by atoms with Gasteiger partial charge in [-0.1, -0.05) is 66.2 Å². The molecule has 2 aromatic heterocycles. The molecule has 1 amide bonds. The summed E-state index contributed by atoms with van der Waals surface area (Å²) in [7, 11) is 1.45. The fourth-order valence-corrected chi connectivity index (χ4v) is 6.24. The number of anilines is 1. The van der Waals surface area contributed by atoms with E-state index in [1.807, 2.05) is 67.6 Å². The molecule has 0 saturated carbocycles. The van der Waals surface area contributed by atoms with Gasteiger partial charge < -0.3 is 10.1 Å². The Bertz CT molecular complexity index is 2410.